The molecule has 0 aliphatic rings. The van der Waals surface area contributed by atoms with Crippen LogP contribution in [0.1, 0.15) is 43.4 Å². The maximum absolute atomic E-state index is 12.1. The van der Waals surface area contributed by atoms with Crippen molar-refractivity contribution in [1.82, 2.24) is 15.1 Å². The highest BCUT2D eigenvalue weighted by atomic mass is 16.4. The third-order valence-corrected chi connectivity index (χ3v) is 3.29. The van der Waals surface area contributed by atoms with Crippen LogP contribution in [0.25, 0.3) is 0 Å². The van der Waals surface area contributed by atoms with E-state index >= 15 is 0 Å². The van der Waals surface area contributed by atoms with Gasteiger partial charge in [-0.2, -0.15) is 5.10 Å². The topological polar surface area (TPSA) is 84.2 Å². The summed E-state index contributed by atoms with van der Waals surface area (Å²) in [7, 11) is 1.67. The molecule has 106 valence electrons. The second-order valence-corrected chi connectivity index (χ2v) is 4.67. The number of nitrogens with one attached hydrogen (secondary N) is 1. The average Bonchev–Trinajstić information content (AvgIpc) is 2.75. The molecule has 0 bridgehead atoms. The lowest BCUT2D eigenvalue weighted by molar-refractivity contribution is -0.140. The van der Waals surface area contributed by atoms with E-state index in [1.54, 1.807) is 20.0 Å². The number of amides is 1. The van der Waals surface area contributed by atoms with Crippen molar-refractivity contribution >= 4 is 11.9 Å². The number of rotatable bonds is 6. The van der Waals surface area contributed by atoms with E-state index in [9.17, 15) is 9.59 Å². The van der Waals surface area contributed by atoms with E-state index < -0.39 is 17.9 Å². The van der Waals surface area contributed by atoms with Gasteiger partial charge in [0.15, 0.2) is 0 Å². The summed E-state index contributed by atoms with van der Waals surface area (Å²) in [6.07, 6.45) is 1.41. The van der Waals surface area contributed by atoms with E-state index in [-0.39, 0.29) is 5.92 Å². The molecule has 0 radical (unpaired) electrons. The lowest BCUT2D eigenvalue weighted by Gasteiger charge is -2.19. The second-order valence-electron chi connectivity index (χ2n) is 4.67. The fourth-order valence-electron chi connectivity index (χ4n) is 1.81. The summed E-state index contributed by atoms with van der Waals surface area (Å²) in [6.45, 7) is 5.65. The van der Waals surface area contributed by atoms with Crippen LogP contribution in [-0.4, -0.2) is 32.8 Å². The summed E-state index contributed by atoms with van der Waals surface area (Å²) in [5.74, 6) is -1.54. The molecule has 0 spiro atoms. The van der Waals surface area contributed by atoms with E-state index in [4.69, 9.17) is 5.11 Å². The molecule has 6 nitrogen and oxygen atoms in total. The Morgan fingerprint density at radius 2 is 2.11 bits per heavy atom. The van der Waals surface area contributed by atoms with Crippen molar-refractivity contribution in [3.63, 3.8) is 0 Å². The zero-order chi connectivity index (χ0) is 14.6. The van der Waals surface area contributed by atoms with E-state index in [2.05, 4.69) is 10.4 Å². The van der Waals surface area contributed by atoms with Crippen LogP contribution in [0.2, 0.25) is 0 Å². The Hall–Kier alpha value is -1.85. The van der Waals surface area contributed by atoms with Gasteiger partial charge in [0.05, 0.1) is 5.69 Å². The number of hydrogen-bond donors (Lipinski definition) is 2. The third kappa shape index (κ3) is 3.56. The number of hydrogen-bond acceptors (Lipinski definition) is 3. The number of nitrogens with zero attached hydrogens (tertiary/aromatic N) is 2. The van der Waals surface area contributed by atoms with Crippen LogP contribution < -0.4 is 5.32 Å². The summed E-state index contributed by atoms with van der Waals surface area (Å²) in [5, 5.41) is 15.9. The van der Waals surface area contributed by atoms with E-state index in [1.165, 1.54) is 4.68 Å². The van der Waals surface area contributed by atoms with Gasteiger partial charge in [-0.05, 0) is 18.4 Å². The first-order valence-corrected chi connectivity index (χ1v) is 6.47. The Labute approximate surface area is 112 Å². The first-order valence-electron chi connectivity index (χ1n) is 6.47. The second kappa shape index (κ2) is 6.36. The molecule has 1 rings (SSSR count). The minimum absolute atomic E-state index is 0.125. The highest BCUT2D eigenvalue weighted by Gasteiger charge is 2.26. The van der Waals surface area contributed by atoms with Gasteiger partial charge in [-0.25, -0.2) is 4.79 Å². The van der Waals surface area contributed by atoms with Crippen molar-refractivity contribution in [1.29, 1.82) is 0 Å². The number of carboxylic acid groups (broad SMARTS) is 1. The molecule has 1 heterocycles. The lowest BCUT2D eigenvalue weighted by Crippen LogP contribution is -2.45. The van der Waals surface area contributed by atoms with Gasteiger partial charge in [0.25, 0.3) is 5.91 Å². The van der Waals surface area contributed by atoms with Gasteiger partial charge in [0.1, 0.15) is 11.7 Å². The van der Waals surface area contributed by atoms with Crippen molar-refractivity contribution in [2.75, 3.05) is 0 Å². The van der Waals surface area contributed by atoms with Crippen LogP contribution in [0.5, 0.6) is 0 Å². The minimum atomic E-state index is -1.01. The summed E-state index contributed by atoms with van der Waals surface area (Å²) in [5.41, 5.74) is 1.19. The van der Waals surface area contributed by atoms with Gasteiger partial charge >= 0.3 is 5.97 Å². The van der Waals surface area contributed by atoms with Gasteiger partial charge < -0.3 is 10.4 Å². The summed E-state index contributed by atoms with van der Waals surface area (Å²) in [6, 6.07) is 0.808. The van der Waals surface area contributed by atoms with Crippen LogP contribution in [0.4, 0.5) is 0 Å². The number of carbonyl (C=O) groups excluding carboxylic acids is 1. The zero-order valence-corrected chi connectivity index (χ0v) is 11.8. The lowest BCUT2D eigenvalue weighted by atomic mass is 9.99. The average molecular weight is 267 g/mol. The molecule has 0 saturated heterocycles. The van der Waals surface area contributed by atoms with Gasteiger partial charge in [-0.1, -0.05) is 27.2 Å². The zero-order valence-electron chi connectivity index (χ0n) is 11.8. The van der Waals surface area contributed by atoms with E-state index in [0.29, 0.717) is 12.1 Å². The molecule has 0 aromatic carbocycles. The summed E-state index contributed by atoms with van der Waals surface area (Å²) in [4.78, 5) is 23.3. The van der Waals surface area contributed by atoms with Crippen LogP contribution >= 0.6 is 0 Å². The fourth-order valence-corrected chi connectivity index (χ4v) is 1.81. The van der Waals surface area contributed by atoms with Gasteiger partial charge in [-0.15, -0.1) is 0 Å². The number of carbonyl (C=O) groups is 2. The molecule has 19 heavy (non-hydrogen) atoms. The highest BCUT2D eigenvalue weighted by Crippen LogP contribution is 2.10. The van der Waals surface area contributed by atoms with Crippen molar-refractivity contribution in [2.45, 2.75) is 39.7 Å². The maximum atomic E-state index is 12.1. The fraction of sp³-hybridized carbons (Fsp3) is 0.615. The monoisotopic (exact) mass is 267 g/mol. The molecule has 0 aliphatic heterocycles. The summed E-state index contributed by atoms with van der Waals surface area (Å²) >= 11 is 0. The van der Waals surface area contributed by atoms with Gasteiger partial charge in [0.2, 0.25) is 0 Å². The molecule has 2 atom stereocenters. The van der Waals surface area contributed by atoms with Crippen LogP contribution in [0.15, 0.2) is 6.07 Å². The molecule has 0 unspecified atom stereocenters. The SMILES string of the molecule is CCc1cc(C(=O)N[C@H](C(=O)O)[C@@H](C)CC)n(C)n1. The van der Waals surface area contributed by atoms with Crippen molar-refractivity contribution in [3.8, 4) is 0 Å². The standard InChI is InChI=1S/C13H21N3O3/c1-5-8(3)11(13(18)19)14-12(17)10-7-9(6-2)15-16(10)4/h7-8,11H,5-6H2,1-4H3,(H,14,17)(H,18,19)/t8-,11-/m0/s1. The molecule has 0 fully saturated rings. The third-order valence-electron chi connectivity index (χ3n) is 3.29. The quantitative estimate of drug-likeness (QED) is 0.811. The molecule has 1 aromatic rings. The summed E-state index contributed by atoms with van der Waals surface area (Å²) < 4.78 is 1.48. The largest absolute Gasteiger partial charge is 0.480 e. The molecule has 1 aromatic heterocycles. The van der Waals surface area contributed by atoms with Crippen molar-refractivity contribution in [3.05, 3.63) is 17.5 Å². The predicted octanol–water partition coefficient (Wildman–Crippen LogP) is 1.21. The number of aromatic nitrogens is 2. The van der Waals surface area contributed by atoms with Gasteiger partial charge in [-0.3, -0.25) is 9.48 Å². The van der Waals surface area contributed by atoms with Gasteiger partial charge in [0, 0.05) is 7.05 Å². The first kappa shape index (κ1) is 15.2. The maximum Gasteiger partial charge on any atom is 0.326 e. The predicted molar refractivity (Wildman–Crippen MR) is 70.9 cm³/mol. The molecule has 1 amide bonds. The Bertz CT molecular complexity index is 468. The number of aryl methyl sites for hydroxylation is 2. The van der Waals surface area contributed by atoms with E-state index in [0.717, 1.165) is 12.1 Å². The Balaban J connectivity index is 2.87. The van der Waals surface area contributed by atoms with Crippen LogP contribution in [0.3, 0.4) is 0 Å². The highest BCUT2D eigenvalue weighted by molar-refractivity contribution is 5.95. The van der Waals surface area contributed by atoms with Crippen LogP contribution in [0, 0.1) is 5.92 Å². The van der Waals surface area contributed by atoms with Crippen LogP contribution in [-0.2, 0) is 18.3 Å². The molecule has 0 saturated carbocycles. The van der Waals surface area contributed by atoms with E-state index in [1.807, 2.05) is 13.8 Å². The minimum Gasteiger partial charge on any atom is -0.480 e. The number of carboxylic acids is 1. The van der Waals surface area contributed by atoms with Crippen molar-refractivity contribution in [2.24, 2.45) is 13.0 Å². The molecule has 6 heteroatoms. The first-order chi connectivity index (χ1) is 8.90. The Morgan fingerprint density at radius 1 is 1.47 bits per heavy atom. The normalized spacial score (nSPS) is 13.9. The molecular formula is C13H21N3O3. The molecule has 2 N–H and O–H groups in total. The smallest absolute Gasteiger partial charge is 0.326 e. The molecular weight excluding hydrogens is 246 g/mol. The Morgan fingerprint density at radius 3 is 2.53 bits per heavy atom. The van der Waals surface area contributed by atoms with Crippen molar-refractivity contribution < 1.29 is 14.7 Å². The Kier molecular flexibility index (Phi) is 5.09. The number of aliphatic carboxylic acids is 1. The molecule has 0 aliphatic carbocycles.